The van der Waals surface area contributed by atoms with Crippen molar-refractivity contribution in [3.63, 3.8) is 0 Å². The Kier molecular flexibility index (Phi) is 4.83. The minimum atomic E-state index is -0.221. The van der Waals surface area contributed by atoms with E-state index < -0.39 is 0 Å². The van der Waals surface area contributed by atoms with Gasteiger partial charge in [-0.25, -0.2) is 0 Å². The molecule has 0 amide bonds. The summed E-state index contributed by atoms with van der Waals surface area (Å²) in [5.74, 6) is 0.492. The highest BCUT2D eigenvalue weighted by molar-refractivity contribution is 5.96. The quantitative estimate of drug-likeness (QED) is 0.639. The first-order valence-corrected chi connectivity index (χ1v) is 4.31. The smallest absolute Gasteiger partial charge is 0.163 e. The molecule has 1 unspecified atom stereocenters. The highest BCUT2D eigenvalue weighted by atomic mass is 16.3. The Morgan fingerprint density at radius 3 is 2.25 bits per heavy atom. The van der Waals surface area contributed by atoms with Crippen molar-refractivity contribution in [2.45, 2.75) is 27.2 Å². The van der Waals surface area contributed by atoms with Gasteiger partial charge in [-0.05, 0) is 12.3 Å². The van der Waals surface area contributed by atoms with Gasteiger partial charge < -0.3 is 5.11 Å². The van der Waals surface area contributed by atoms with E-state index in [9.17, 15) is 4.79 Å². The molecule has 70 valence electrons. The van der Waals surface area contributed by atoms with Crippen molar-refractivity contribution in [2.75, 3.05) is 6.61 Å². The molecule has 0 rings (SSSR count). The summed E-state index contributed by atoms with van der Waals surface area (Å²) >= 11 is 0. The third-order valence-corrected chi connectivity index (χ3v) is 1.81. The predicted octanol–water partition coefficient (Wildman–Crippen LogP) is 1.79. The molecule has 0 aromatic rings. The van der Waals surface area contributed by atoms with E-state index in [1.54, 1.807) is 0 Å². The monoisotopic (exact) mass is 170 g/mol. The lowest BCUT2D eigenvalue weighted by molar-refractivity contribution is -0.119. The molecule has 2 heteroatoms. The van der Waals surface area contributed by atoms with Crippen LogP contribution in [0.4, 0.5) is 0 Å². The number of aliphatic hydroxyl groups excluding tert-OH is 1. The van der Waals surface area contributed by atoms with Crippen LogP contribution in [0, 0.1) is 11.8 Å². The van der Waals surface area contributed by atoms with Gasteiger partial charge in [-0.1, -0.05) is 27.4 Å². The van der Waals surface area contributed by atoms with Crippen molar-refractivity contribution in [3.05, 3.63) is 12.2 Å². The van der Waals surface area contributed by atoms with Crippen LogP contribution < -0.4 is 0 Å². The van der Waals surface area contributed by atoms with Gasteiger partial charge in [-0.3, -0.25) is 4.79 Å². The average Bonchev–Trinajstić information content (AvgIpc) is 2.00. The molecular weight excluding hydrogens is 152 g/mol. The van der Waals surface area contributed by atoms with Crippen LogP contribution in [-0.4, -0.2) is 17.5 Å². The van der Waals surface area contributed by atoms with E-state index in [0.717, 1.165) is 6.42 Å². The van der Waals surface area contributed by atoms with Gasteiger partial charge in [0.2, 0.25) is 0 Å². The number of carbonyl (C=O) groups is 1. The van der Waals surface area contributed by atoms with Gasteiger partial charge in [0, 0.05) is 11.5 Å². The van der Waals surface area contributed by atoms with Gasteiger partial charge in [0.25, 0.3) is 0 Å². The van der Waals surface area contributed by atoms with Crippen LogP contribution in [0.3, 0.4) is 0 Å². The summed E-state index contributed by atoms with van der Waals surface area (Å²) in [6, 6.07) is 0. The molecule has 0 bridgehead atoms. The van der Waals surface area contributed by atoms with Crippen molar-refractivity contribution >= 4 is 5.78 Å². The zero-order valence-electron chi connectivity index (χ0n) is 8.13. The van der Waals surface area contributed by atoms with E-state index in [1.807, 2.05) is 6.92 Å². The lowest BCUT2D eigenvalue weighted by atomic mass is 9.92. The Morgan fingerprint density at radius 2 is 1.92 bits per heavy atom. The maximum atomic E-state index is 11.4. The molecule has 1 N–H and O–H groups in total. The van der Waals surface area contributed by atoms with E-state index in [-0.39, 0.29) is 18.3 Å². The van der Waals surface area contributed by atoms with Crippen LogP contribution in [0.25, 0.3) is 0 Å². The fourth-order valence-electron chi connectivity index (χ4n) is 1.24. The summed E-state index contributed by atoms with van der Waals surface area (Å²) in [6.45, 7) is 9.31. The molecule has 1 atom stereocenters. The fourth-order valence-corrected chi connectivity index (χ4v) is 1.24. The normalized spacial score (nSPS) is 13.1. The summed E-state index contributed by atoms with van der Waals surface area (Å²) in [5.41, 5.74) is 0.322. The van der Waals surface area contributed by atoms with Crippen LogP contribution in [-0.2, 0) is 4.79 Å². The van der Waals surface area contributed by atoms with Crippen LogP contribution in [0.15, 0.2) is 12.2 Å². The second kappa shape index (κ2) is 5.09. The Hall–Kier alpha value is -0.630. The third kappa shape index (κ3) is 3.67. The summed E-state index contributed by atoms with van der Waals surface area (Å²) < 4.78 is 0. The second-order valence-electron chi connectivity index (χ2n) is 3.66. The molecule has 2 nitrogen and oxygen atoms in total. The summed E-state index contributed by atoms with van der Waals surface area (Å²) in [4.78, 5) is 11.4. The summed E-state index contributed by atoms with van der Waals surface area (Å²) in [7, 11) is 0. The maximum Gasteiger partial charge on any atom is 0.163 e. The molecule has 0 spiro atoms. The molecule has 0 saturated carbocycles. The molecule has 0 fully saturated rings. The van der Waals surface area contributed by atoms with E-state index in [1.165, 1.54) is 0 Å². The van der Waals surface area contributed by atoms with E-state index in [4.69, 9.17) is 5.11 Å². The molecule has 0 aliphatic rings. The average molecular weight is 170 g/mol. The first-order chi connectivity index (χ1) is 5.49. The molecular formula is C10H18O2. The SMILES string of the molecule is C=C(CO)C(=O)C(C)CC(C)C. The van der Waals surface area contributed by atoms with E-state index in [0.29, 0.717) is 11.5 Å². The number of hydrogen-bond donors (Lipinski definition) is 1. The molecule has 0 radical (unpaired) electrons. The Labute approximate surface area is 74.3 Å². The Balaban J connectivity index is 4.01. The van der Waals surface area contributed by atoms with Crippen LogP contribution in [0.1, 0.15) is 27.2 Å². The number of hydrogen-bond acceptors (Lipinski definition) is 2. The molecule has 12 heavy (non-hydrogen) atoms. The molecule has 0 saturated heterocycles. The first kappa shape index (κ1) is 11.4. The predicted molar refractivity (Wildman–Crippen MR) is 49.9 cm³/mol. The third-order valence-electron chi connectivity index (χ3n) is 1.81. The minimum Gasteiger partial charge on any atom is -0.392 e. The number of rotatable bonds is 5. The van der Waals surface area contributed by atoms with Crippen LogP contribution in [0.5, 0.6) is 0 Å². The van der Waals surface area contributed by atoms with Crippen molar-refractivity contribution in [1.29, 1.82) is 0 Å². The summed E-state index contributed by atoms with van der Waals surface area (Å²) in [5, 5.41) is 8.67. The largest absolute Gasteiger partial charge is 0.392 e. The molecule has 0 aromatic carbocycles. The Morgan fingerprint density at radius 1 is 1.42 bits per heavy atom. The number of ketones is 1. The van der Waals surface area contributed by atoms with Gasteiger partial charge in [0.05, 0.1) is 6.61 Å². The second-order valence-corrected chi connectivity index (χ2v) is 3.66. The lowest BCUT2D eigenvalue weighted by Gasteiger charge is -2.12. The molecule has 0 heterocycles. The number of aliphatic hydroxyl groups is 1. The molecule has 0 aliphatic carbocycles. The van der Waals surface area contributed by atoms with Gasteiger partial charge in [0.15, 0.2) is 5.78 Å². The molecule has 0 aromatic heterocycles. The zero-order valence-corrected chi connectivity index (χ0v) is 8.13. The van der Waals surface area contributed by atoms with Crippen molar-refractivity contribution in [1.82, 2.24) is 0 Å². The highest BCUT2D eigenvalue weighted by Gasteiger charge is 2.16. The Bertz CT molecular complexity index is 171. The topological polar surface area (TPSA) is 37.3 Å². The van der Waals surface area contributed by atoms with Crippen molar-refractivity contribution < 1.29 is 9.90 Å². The minimum absolute atomic E-state index is 0.00815. The van der Waals surface area contributed by atoms with Gasteiger partial charge >= 0.3 is 0 Å². The van der Waals surface area contributed by atoms with Gasteiger partial charge in [0.1, 0.15) is 0 Å². The van der Waals surface area contributed by atoms with E-state index in [2.05, 4.69) is 20.4 Å². The fraction of sp³-hybridized carbons (Fsp3) is 0.700. The number of carbonyl (C=O) groups excluding carboxylic acids is 1. The van der Waals surface area contributed by atoms with Crippen LogP contribution in [0.2, 0.25) is 0 Å². The maximum absolute atomic E-state index is 11.4. The highest BCUT2D eigenvalue weighted by Crippen LogP contribution is 2.14. The van der Waals surface area contributed by atoms with Crippen LogP contribution >= 0.6 is 0 Å². The first-order valence-electron chi connectivity index (χ1n) is 4.31. The van der Waals surface area contributed by atoms with E-state index >= 15 is 0 Å². The zero-order chi connectivity index (χ0) is 9.72. The summed E-state index contributed by atoms with van der Waals surface area (Å²) in [6.07, 6.45) is 0.859. The van der Waals surface area contributed by atoms with Gasteiger partial charge in [-0.15, -0.1) is 0 Å². The standard InChI is InChI=1S/C10H18O2/c1-7(2)5-8(3)10(12)9(4)6-11/h7-8,11H,4-6H2,1-3H3. The van der Waals surface area contributed by atoms with Gasteiger partial charge in [-0.2, -0.15) is 0 Å². The lowest BCUT2D eigenvalue weighted by Crippen LogP contribution is -2.16. The van der Waals surface area contributed by atoms with Crippen molar-refractivity contribution in [2.24, 2.45) is 11.8 Å². The number of Topliss-reactive ketones (excluding diaryl/α,β-unsaturated/α-hetero) is 1. The van der Waals surface area contributed by atoms with Crippen molar-refractivity contribution in [3.8, 4) is 0 Å². The molecule has 0 aliphatic heterocycles.